The van der Waals surface area contributed by atoms with Gasteiger partial charge < -0.3 is 15.1 Å². The monoisotopic (exact) mass is 431 g/mol. The van der Waals surface area contributed by atoms with Crippen molar-refractivity contribution in [2.75, 3.05) is 10.6 Å². The molecular formula is C24H25N5O3. The first-order valence-corrected chi connectivity index (χ1v) is 10.5. The zero-order chi connectivity index (χ0) is 22.8. The molecule has 3 heterocycles. The third-order valence-electron chi connectivity index (χ3n) is 5.06. The second-order valence-electron chi connectivity index (χ2n) is 8.13. The first kappa shape index (κ1) is 21.3. The lowest BCUT2D eigenvalue weighted by Crippen LogP contribution is -2.14. The molecule has 32 heavy (non-hydrogen) atoms. The number of fused-ring (bicyclic) bond motifs is 1. The van der Waals surface area contributed by atoms with Gasteiger partial charge in [0.25, 0.3) is 11.8 Å². The normalized spacial score (nSPS) is 11.3. The van der Waals surface area contributed by atoms with Gasteiger partial charge in [-0.1, -0.05) is 13.8 Å². The maximum absolute atomic E-state index is 13.1. The van der Waals surface area contributed by atoms with E-state index in [1.807, 2.05) is 38.4 Å². The first-order valence-electron chi connectivity index (χ1n) is 10.5. The lowest BCUT2D eigenvalue weighted by atomic mass is 10.0. The van der Waals surface area contributed by atoms with Crippen molar-refractivity contribution < 1.29 is 14.0 Å². The third-order valence-corrected chi connectivity index (χ3v) is 5.06. The van der Waals surface area contributed by atoms with Crippen LogP contribution in [0.25, 0.3) is 11.0 Å². The molecule has 1 aromatic carbocycles. The molecule has 0 unspecified atom stereocenters. The fourth-order valence-electron chi connectivity index (χ4n) is 3.33. The van der Waals surface area contributed by atoms with Crippen LogP contribution >= 0.6 is 0 Å². The van der Waals surface area contributed by atoms with Crippen molar-refractivity contribution in [3.8, 4) is 0 Å². The summed E-state index contributed by atoms with van der Waals surface area (Å²) in [5.41, 5.74) is 3.27. The van der Waals surface area contributed by atoms with Crippen LogP contribution in [-0.4, -0.2) is 26.6 Å². The molecule has 164 valence electrons. The molecule has 4 rings (SSSR count). The molecule has 0 spiro atoms. The van der Waals surface area contributed by atoms with E-state index in [1.54, 1.807) is 42.6 Å². The van der Waals surface area contributed by atoms with Crippen LogP contribution in [0.5, 0.6) is 0 Å². The molecule has 0 aliphatic rings. The fraction of sp³-hybridized carbons (Fsp3) is 0.250. The summed E-state index contributed by atoms with van der Waals surface area (Å²) in [5.74, 6) is -0.185. The Morgan fingerprint density at radius 3 is 2.19 bits per heavy atom. The molecule has 2 N–H and O–H groups in total. The van der Waals surface area contributed by atoms with E-state index >= 15 is 0 Å². The van der Waals surface area contributed by atoms with E-state index in [9.17, 15) is 9.59 Å². The van der Waals surface area contributed by atoms with E-state index in [0.717, 1.165) is 5.69 Å². The van der Waals surface area contributed by atoms with E-state index < -0.39 is 0 Å². The summed E-state index contributed by atoms with van der Waals surface area (Å²) in [6, 6.07) is 12.1. The molecule has 0 aliphatic heterocycles. The Morgan fingerprint density at radius 1 is 0.969 bits per heavy atom. The van der Waals surface area contributed by atoms with Crippen molar-refractivity contribution in [3.63, 3.8) is 0 Å². The van der Waals surface area contributed by atoms with Gasteiger partial charge in [-0.15, -0.1) is 0 Å². The average Bonchev–Trinajstić information content (AvgIpc) is 3.44. The van der Waals surface area contributed by atoms with Crippen molar-refractivity contribution in [1.82, 2.24) is 14.8 Å². The van der Waals surface area contributed by atoms with Gasteiger partial charge in [-0.25, -0.2) is 9.67 Å². The quantitative estimate of drug-likeness (QED) is 0.435. The van der Waals surface area contributed by atoms with E-state index in [0.29, 0.717) is 28.0 Å². The highest BCUT2D eigenvalue weighted by Gasteiger charge is 2.19. The summed E-state index contributed by atoms with van der Waals surface area (Å²) in [7, 11) is 0. The number of amides is 2. The molecule has 0 saturated heterocycles. The van der Waals surface area contributed by atoms with E-state index in [-0.39, 0.29) is 29.5 Å². The Kier molecular flexibility index (Phi) is 5.77. The topological polar surface area (TPSA) is 102 Å². The molecule has 0 aliphatic carbocycles. The SMILES string of the molecule is CC(C)c1cc(C(=O)Nc2ccc(NC(=O)c3ccco3)cc2)c2cnn(C(C)C)c2n1. The number of nitrogens with zero attached hydrogens (tertiary/aromatic N) is 3. The molecule has 0 fully saturated rings. The van der Waals surface area contributed by atoms with Crippen LogP contribution in [0.3, 0.4) is 0 Å². The highest BCUT2D eigenvalue weighted by Crippen LogP contribution is 2.25. The minimum atomic E-state index is -0.339. The molecule has 2 amide bonds. The number of anilines is 2. The Hall–Kier alpha value is -3.94. The number of hydrogen-bond acceptors (Lipinski definition) is 5. The predicted octanol–water partition coefficient (Wildman–Crippen LogP) is 5.23. The third kappa shape index (κ3) is 4.25. The molecule has 4 aromatic rings. The number of furan rings is 1. The molecule has 8 heteroatoms. The molecule has 0 bridgehead atoms. The molecule has 8 nitrogen and oxygen atoms in total. The van der Waals surface area contributed by atoms with Gasteiger partial charge in [0.05, 0.1) is 23.4 Å². The number of pyridine rings is 1. The van der Waals surface area contributed by atoms with Gasteiger partial charge in [-0.05, 0) is 62.2 Å². The van der Waals surface area contributed by atoms with Gasteiger partial charge in [0.2, 0.25) is 0 Å². The van der Waals surface area contributed by atoms with Crippen LogP contribution in [-0.2, 0) is 0 Å². The van der Waals surface area contributed by atoms with Crippen molar-refractivity contribution >= 4 is 34.2 Å². The highest BCUT2D eigenvalue weighted by molar-refractivity contribution is 6.12. The van der Waals surface area contributed by atoms with E-state index in [2.05, 4.69) is 15.7 Å². The van der Waals surface area contributed by atoms with Crippen LogP contribution in [0, 0.1) is 0 Å². The zero-order valence-corrected chi connectivity index (χ0v) is 18.4. The van der Waals surface area contributed by atoms with Crippen molar-refractivity contribution in [3.05, 3.63) is 71.9 Å². The Labute approximate surface area is 185 Å². The van der Waals surface area contributed by atoms with Crippen molar-refractivity contribution in [2.24, 2.45) is 0 Å². The van der Waals surface area contributed by atoms with Crippen LogP contribution < -0.4 is 10.6 Å². The van der Waals surface area contributed by atoms with E-state index in [4.69, 9.17) is 9.40 Å². The second-order valence-corrected chi connectivity index (χ2v) is 8.13. The molecule has 0 atom stereocenters. The highest BCUT2D eigenvalue weighted by atomic mass is 16.3. The number of carbonyl (C=O) groups excluding carboxylic acids is 2. The first-order chi connectivity index (χ1) is 15.3. The minimum Gasteiger partial charge on any atom is -0.459 e. The van der Waals surface area contributed by atoms with Crippen molar-refractivity contribution in [1.29, 1.82) is 0 Å². The van der Waals surface area contributed by atoms with Gasteiger partial charge in [0, 0.05) is 23.1 Å². The van der Waals surface area contributed by atoms with E-state index in [1.165, 1.54) is 6.26 Å². The van der Waals surface area contributed by atoms with Gasteiger partial charge >= 0.3 is 0 Å². The lowest BCUT2D eigenvalue weighted by Gasteiger charge is -2.12. The summed E-state index contributed by atoms with van der Waals surface area (Å²) in [5, 5.41) is 10.8. The number of nitrogens with one attached hydrogen (secondary N) is 2. The summed E-state index contributed by atoms with van der Waals surface area (Å²) in [4.78, 5) is 30.0. The number of hydrogen-bond donors (Lipinski definition) is 2. The van der Waals surface area contributed by atoms with Gasteiger partial charge in [-0.3, -0.25) is 9.59 Å². The largest absolute Gasteiger partial charge is 0.459 e. The molecular weight excluding hydrogens is 406 g/mol. The predicted molar refractivity (Wildman–Crippen MR) is 123 cm³/mol. The maximum atomic E-state index is 13.1. The Bertz CT molecular complexity index is 1260. The summed E-state index contributed by atoms with van der Waals surface area (Å²) >= 11 is 0. The Balaban J connectivity index is 1.56. The number of benzene rings is 1. The van der Waals surface area contributed by atoms with Gasteiger partial charge in [-0.2, -0.15) is 5.10 Å². The maximum Gasteiger partial charge on any atom is 0.291 e. The zero-order valence-electron chi connectivity index (χ0n) is 18.4. The molecule has 0 radical (unpaired) electrons. The van der Waals surface area contributed by atoms with Crippen LogP contribution in [0.1, 0.15) is 66.3 Å². The summed E-state index contributed by atoms with van der Waals surface area (Å²) in [6.07, 6.45) is 3.13. The van der Waals surface area contributed by atoms with Crippen molar-refractivity contribution in [2.45, 2.75) is 39.7 Å². The molecule has 0 saturated carbocycles. The molecule has 3 aromatic heterocycles. The standard InChI is InChI=1S/C24H25N5O3/c1-14(2)20-12-18(19-13-25-29(15(3)4)22(19)28-20)23(30)26-16-7-9-17(10-8-16)27-24(31)21-6-5-11-32-21/h5-15H,1-4H3,(H,26,30)(H,27,31). The average molecular weight is 431 g/mol. The smallest absolute Gasteiger partial charge is 0.291 e. The minimum absolute atomic E-state index is 0.127. The van der Waals surface area contributed by atoms with Gasteiger partial charge in [0.15, 0.2) is 11.4 Å². The summed E-state index contributed by atoms with van der Waals surface area (Å²) < 4.78 is 6.92. The second kappa shape index (κ2) is 8.66. The van der Waals surface area contributed by atoms with Crippen LogP contribution in [0.4, 0.5) is 11.4 Å². The summed E-state index contributed by atoms with van der Waals surface area (Å²) in [6.45, 7) is 8.15. The number of rotatable bonds is 6. The van der Waals surface area contributed by atoms with Gasteiger partial charge in [0.1, 0.15) is 0 Å². The lowest BCUT2D eigenvalue weighted by molar-refractivity contribution is 0.0994. The van der Waals surface area contributed by atoms with Crippen LogP contribution in [0.2, 0.25) is 0 Å². The van der Waals surface area contributed by atoms with Crippen LogP contribution in [0.15, 0.2) is 59.3 Å². The fourth-order valence-corrected chi connectivity index (χ4v) is 3.33. The number of aromatic nitrogens is 3. The number of carbonyl (C=O) groups is 2. The Morgan fingerprint density at radius 2 is 1.62 bits per heavy atom.